The summed E-state index contributed by atoms with van der Waals surface area (Å²) in [4.78, 5) is 12.7. The molecule has 32 heavy (non-hydrogen) atoms. The van der Waals surface area contributed by atoms with E-state index in [4.69, 9.17) is 0 Å². The maximum Gasteiger partial charge on any atom is 0.234 e. The van der Waals surface area contributed by atoms with Crippen molar-refractivity contribution < 1.29 is 4.79 Å². The van der Waals surface area contributed by atoms with E-state index in [9.17, 15) is 4.79 Å². The van der Waals surface area contributed by atoms with Crippen LogP contribution in [0.15, 0.2) is 76.4 Å². The van der Waals surface area contributed by atoms with Gasteiger partial charge in [0.25, 0.3) is 0 Å². The van der Waals surface area contributed by atoms with Crippen LogP contribution in [-0.2, 0) is 4.79 Å². The first-order valence-electron chi connectivity index (χ1n) is 10.2. The number of aryl methyl sites for hydroxylation is 3. The molecule has 0 unspecified atom stereocenters. The van der Waals surface area contributed by atoms with Gasteiger partial charge in [0, 0.05) is 21.4 Å². The zero-order chi connectivity index (χ0) is 22.7. The molecular weight excluding hydrogens is 484 g/mol. The number of halogens is 1. The highest BCUT2D eigenvalue weighted by atomic mass is 79.9. The van der Waals surface area contributed by atoms with E-state index < -0.39 is 0 Å². The van der Waals surface area contributed by atoms with Crippen LogP contribution in [0.1, 0.15) is 16.7 Å². The van der Waals surface area contributed by atoms with Gasteiger partial charge in [0.05, 0.1) is 5.75 Å². The summed E-state index contributed by atoms with van der Waals surface area (Å²) in [7, 11) is 0. The fourth-order valence-electron chi connectivity index (χ4n) is 3.56. The van der Waals surface area contributed by atoms with Crippen LogP contribution in [0.2, 0.25) is 0 Å². The van der Waals surface area contributed by atoms with Gasteiger partial charge in [-0.2, -0.15) is 0 Å². The highest BCUT2D eigenvalue weighted by molar-refractivity contribution is 9.10. The second kappa shape index (κ2) is 9.71. The van der Waals surface area contributed by atoms with Crippen molar-refractivity contribution in [3.63, 3.8) is 0 Å². The minimum Gasteiger partial charge on any atom is -0.325 e. The second-order valence-electron chi connectivity index (χ2n) is 7.60. The van der Waals surface area contributed by atoms with Crippen LogP contribution in [-0.4, -0.2) is 26.4 Å². The third-order valence-corrected chi connectivity index (χ3v) is 6.41. The first-order chi connectivity index (χ1) is 15.4. The van der Waals surface area contributed by atoms with Crippen LogP contribution in [0.25, 0.3) is 17.1 Å². The molecular formula is C25H23BrN4OS. The lowest BCUT2D eigenvalue weighted by Gasteiger charge is -2.13. The summed E-state index contributed by atoms with van der Waals surface area (Å²) in [5.74, 6) is 0.902. The first kappa shape index (κ1) is 22.3. The monoisotopic (exact) mass is 506 g/mol. The molecule has 7 heteroatoms. The van der Waals surface area contributed by atoms with Crippen molar-refractivity contribution in [3.8, 4) is 17.1 Å². The molecule has 0 radical (unpaired) electrons. The molecule has 0 fully saturated rings. The Morgan fingerprint density at radius 1 is 0.969 bits per heavy atom. The number of carbonyl (C=O) groups excluding carboxylic acids is 1. The molecule has 0 spiro atoms. The van der Waals surface area contributed by atoms with Gasteiger partial charge in [0.1, 0.15) is 0 Å². The maximum atomic E-state index is 12.7. The van der Waals surface area contributed by atoms with Crippen molar-refractivity contribution in [1.82, 2.24) is 14.8 Å². The van der Waals surface area contributed by atoms with E-state index in [0.29, 0.717) is 5.16 Å². The molecule has 0 aliphatic carbocycles. The zero-order valence-corrected chi connectivity index (χ0v) is 20.5. The van der Waals surface area contributed by atoms with Gasteiger partial charge in [-0.1, -0.05) is 69.7 Å². The molecule has 1 heterocycles. The summed E-state index contributed by atoms with van der Waals surface area (Å²) in [6.45, 7) is 6.03. The Kier molecular flexibility index (Phi) is 6.77. The van der Waals surface area contributed by atoms with Crippen LogP contribution in [0.4, 0.5) is 5.69 Å². The minimum absolute atomic E-state index is 0.0803. The number of hydrogen-bond acceptors (Lipinski definition) is 4. The molecule has 4 aromatic rings. The second-order valence-corrected chi connectivity index (χ2v) is 9.46. The Hall–Kier alpha value is -2.90. The lowest BCUT2D eigenvalue weighted by molar-refractivity contribution is -0.113. The Morgan fingerprint density at radius 3 is 2.38 bits per heavy atom. The van der Waals surface area contributed by atoms with Crippen LogP contribution in [0.5, 0.6) is 0 Å². The van der Waals surface area contributed by atoms with Crippen LogP contribution in [0.3, 0.4) is 0 Å². The number of carbonyl (C=O) groups is 1. The molecule has 1 aromatic heterocycles. The SMILES string of the molecule is Cc1cccc(-c2nnc(SCC(=O)Nc3c(C)cc(Br)cc3C)n2-c2ccccc2)c1. The Morgan fingerprint density at radius 2 is 1.69 bits per heavy atom. The molecule has 1 N–H and O–H groups in total. The van der Waals surface area contributed by atoms with Crippen molar-refractivity contribution in [2.45, 2.75) is 25.9 Å². The van der Waals surface area contributed by atoms with E-state index in [-0.39, 0.29) is 11.7 Å². The van der Waals surface area contributed by atoms with Gasteiger partial charge in [0.15, 0.2) is 11.0 Å². The predicted octanol–water partition coefficient (Wildman–Crippen LogP) is 6.35. The van der Waals surface area contributed by atoms with Gasteiger partial charge >= 0.3 is 0 Å². The summed E-state index contributed by atoms with van der Waals surface area (Å²) in [5.41, 5.74) is 5.98. The number of aromatic nitrogens is 3. The first-order valence-corrected chi connectivity index (χ1v) is 12.0. The van der Waals surface area contributed by atoms with Crippen molar-refractivity contribution in [2.75, 3.05) is 11.1 Å². The van der Waals surface area contributed by atoms with Gasteiger partial charge in [-0.25, -0.2) is 0 Å². The molecule has 0 saturated heterocycles. The van der Waals surface area contributed by atoms with Crippen LogP contribution < -0.4 is 5.32 Å². The average Bonchev–Trinajstić information content (AvgIpc) is 3.19. The quantitative estimate of drug-likeness (QED) is 0.309. The largest absolute Gasteiger partial charge is 0.325 e. The highest BCUT2D eigenvalue weighted by Gasteiger charge is 2.18. The number of amides is 1. The van der Waals surface area contributed by atoms with Gasteiger partial charge < -0.3 is 5.32 Å². The van der Waals surface area contributed by atoms with Crippen LogP contribution in [0, 0.1) is 20.8 Å². The van der Waals surface area contributed by atoms with Crippen molar-refractivity contribution in [2.24, 2.45) is 0 Å². The molecule has 1 amide bonds. The number of rotatable bonds is 6. The van der Waals surface area contributed by atoms with Crippen molar-refractivity contribution in [1.29, 1.82) is 0 Å². The topological polar surface area (TPSA) is 59.8 Å². The number of para-hydroxylation sites is 1. The van der Waals surface area contributed by atoms with Gasteiger partial charge in [0.2, 0.25) is 5.91 Å². The number of benzene rings is 3. The number of anilines is 1. The predicted molar refractivity (Wildman–Crippen MR) is 135 cm³/mol. The molecule has 0 atom stereocenters. The zero-order valence-electron chi connectivity index (χ0n) is 18.1. The van der Waals surface area contributed by atoms with E-state index in [2.05, 4.69) is 50.5 Å². The summed E-state index contributed by atoms with van der Waals surface area (Å²) in [6.07, 6.45) is 0. The van der Waals surface area contributed by atoms with Gasteiger partial charge in [-0.05, 0) is 62.2 Å². The number of hydrogen-bond donors (Lipinski definition) is 1. The normalized spacial score (nSPS) is 10.9. The summed E-state index contributed by atoms with van der Waals surface area (Å²) in [6, 6.07) is 22.1. The smallest absolute Gasteiger partial charge is 0.234 e. The molecule has 0 saturated carbocycles. The fourth-order valence-corrected chi connectivity index (χ4v) is 5.00. The fraction of sp³-hybridized carbons (Fsp3) is 0.160. The lowest BCUT2D eigenvalue weighted by atomic mass is 10.1. The molecule has 3 aromatic carbocycles. The molecule has 162 valence electrons. The van der Waals surface area contributed by atoms with Crippen LogP contribution >= 0.6 is 27.7 Å². The minimum atomic E-state index is -0.0803. The van der Waals surface area contributed by atoms with E-state index in [1.165, 1.54) is 11.8 Å². The Bertz CT molecular complexity index is 1250. The standard InChI is InChI=1S/C25H23BrN4OS/c1-16-8-7-9-19(12-16)24-28-29-25(30(24)21-10-5-4-6-11-21)32-15-22(31)27-23-17(2)13-20(26)14-18(23)3/h4-14H,15H2,1-3H3,(H,27,31). The van der Waals surface area contributed by atoms with Gasteiger partial charge in [-0.15, -0.1) is 10.2 Å². The summed E-state index contributed by atoms with van der Waals surface area (Å²) < 4.78 is 3.00. The summed E-state index contributed by atoms with van der Waals surface area (Å²) in [5, 5.41) is 12.6. The Balaban J connectivity index is 1.60. The number of thioether (sulfide) groups is 1. The van der Waals surface area contributed by atoms with E-state index in [1.807, 2.05) is 73.0 Å². The van der Waals surface area contributed by atoms with Crippen molar-refractivity contribution >= 4 is 39.3 Å². The summed E-state index contributed by atoms with van der Waals surface area (Å²) >= 11 is 4.87. The average molecular weight is 507 g/mol. The third kappa shape index (κ3) is 4.95. The molecule has 0 aliphatic rings. The lowest BCUT2D eigenvalue weighted by Crippen LogP contribution is -2.16. The van der Waals surface area contributed by atoms with E-state index in [1.54, 1.807) is 0 Å². The maximum absolute atomic E-state index is 12.7. The number of nitrogens with zero attached hydrogens (tertiary/aromatic N) is 3. The van der Waals surface area contributed by atoms with E-state index in [0.717, 1.165) is 43.9 Å². The Labute approximate surface area is 200 Å². The number of nitrogens with one attached hydrogen (secondary N) is 1. The highest BCUT2D eigenvalue weighted by Crippen LogP contribution is 2.29. The third-order valence-electron chi connectivity index (χ3n) is 5.02. The van der Waals surface area contributed by atoms with E-state index >= 15 is 0 Å². The van der Waals surface area contributed by atoms with Gasteiger partial charge in [-0.3, -0.25) is 9.36 Å². The molecule has 4 rings (SSSR count). The molecule has 0 bridgehead atoms. The molecule has 5 nitrogen and oxygen atoms in total. The van der Waals surface area contributed by atoms with Crippen molar-refractivity contribution in [3.05, 3.63) is 87.9 Å². The molecule has 0 aliphatic heterocycles.